The van der Waals surface area contributed by atoms with E-state index in [2.05, 4.69) is 4.90 Å². The molecule has 19 heavy (non-hydrogen) atoms. The molecule has 6 nitrogen and oxygen atoms in total. The summed E-state index contributed by atoms with van der Waals surface area (Å²) in [7, 11) is 0. The largest absolute Gasteiger partial charge is 0.480 e. The van der Waals surface area contributed by atoms with Crippen LogP contribution in [0.3, 0.4) is 0 Å². The summed E-state index contributed by atoms with van der Waals surface area (Å²) in [4.78, 5) is 28.9. The molecule has 108 valence electrons. The van der Waals surface area contributed by atoms with Gasteiger partial charge in [-0.3, -0.25) is 9.69 Å². The van der Waals surface area contributed by atoms with Crippen LogP contribution in [0.4, 0.5) is 4.79 Å². The van der Waals surface area contributed by atoms with Crippen LogP contribution in [0.1, 0.15) is 26.2 Å². The highest BCUT2D eigenvalue weighted by Gasteiger charge is 2.32. The topological polar surface area (TPSA) is 64.1 Å². The van der Waals surface area contributed by atoms with E-state index in [0.717, 1.165) is 39.0 Å². The molecular formula is C13H23N3O3. The third-order valence-corrected chi connectivity index (χ3v) is 4.05. The summed E-state index contributed by atoms with van der Waals surface area (Å²) in [5, 5.41) is 8.85. The molecule has 2 heterocycles. The van der Waals surface area contributed by atoms with Crippen molar-refractivity contribution in [2.75, 3.05) is 39.3 Å². The Kier molecular flexibility index (Phi) is 4.63. The zero-order chi connectivity index (χ0) is 13.8. The van der Waals surface area contributed by atoms with Gasteiger partial charge in [-0.2, -0.15) is 0 Å². The number of hydrogen-bond acceptors (Lipinski definition) is 3. The first-order valence-corrected chi connectivity index (χ1v) is 7.11. The second kappa shape index (κ2) is 6.23. The first kappa shape index (κ1) is 14.1. The van der Waals surface area contributed by atoms with Crippen LogP contribution in [0.2, 0.25) is 0 Å². The van der Waals surface area contributed by atoms with Crippen molar-refractivity contribution in [1.82, 2.24) is 14.7 Å². The second-order valence-electron chi connectivity index (χ2n) is 5.32. The Morgan fingerprint density at radius 3 is 2.68 bits per heavy atom. The van der Waals surface area contributed by atoms with Gasteiger partial charge < -0.3 is 14.9 Å². The van der Waals surface area contributed by atoms with Gasteiger partial charge in [0.25, 0.3) is 0 Å². The van der Waals surface area contributed by atoms with Crippen LogP contribution in [0.15, 0.2) is 0 Å². The van der Waals surface area contributed by atoms with Gasteiger partial charge in [0.15, 0.2) is 0 Å². The SMILES string of the molecule is CCN(CC(=O)O)C(=O)N1CCCN2CCCC2C1. The number of hydrogen-bond donors (Lipinski definition) is 1. The first-order chi connectivity index (χ1) is 9.11. The minimum absolute atomic E-state index is 0.126. The zero-order valence-corrected chi connectivity index (χ0v) is 11.5. The van der Waals surface area contributed by atoms with Gasteiger partial charge in [-0.1, -0.05) is 0 Å². The summed E-state index contributed by atoms with van der Waals surface area (Å²) in [5.41, 5.74) is 0. The molecule has 1 unspecified atom stereocenters. The number of rotatable bonds is 3. The number of carboxylic acids is 1. The molecule has 6 heteroatoms. The third kappa shape index (κ3) is 3.37. The number of carboxylic acid groups (broad SMARTS) is 1. The van der Waals surface area contributed by atoms with Crippen molar-refractivity contribution in [3.63, 3.8) is 0 Å². The van der Waals surface area contributed by atoms with Gasteiger partial charge in [-0.05, 0) is 32.7 Å². The zero-order valence-electron chi connectivity index (χ0n) is 11.5. The van der Waals surface area contributed by atoms with Gasteiger partial charge >= 0.3 is 12.0 Å². The molecule has 2 amide bonds. The lowest BCUT2D eigenvalue weighted by atomic mass is 10.2. The van der Waals surface area contributed by atoms with Crippen LogP contribution in [0.5, 0.6) is 0 Å². The Balaban J connectivity index is 1.98. The van der Waals surface area contributed by atoms with E-state index in [1.165, 1.54) is 11.3 Å². The molecular weight excluding hydrogens is 246 g/mol. The van der Waals surface area contributed by atoms with Crippen LogP contribution in [-0.2, 0) is 4.79 Å². The molecule has 0 spiro atoms. The lowest BCUT2D eigenvalue weighted by Gasteiger charge is -2.30. The van der Waals surface area contributed by atoms with Crippen LogP contribution < -0.4 is 0 Å². The number of carbonyl (C=O) groups excluding carboxylic acids is 1. The van der Waals surface area contributed by atoms with Gasteiger partial charge in [-0.15, -0.1) is 0 Å². The molecule has 2 aliphatic rings. The average Bonchev–Trinajstić information content (AvgIpc) is 2.72. The number of aliphatic carboxylic acids is 1. The molecule has 2 fully saturated rings. The minimum Gasteiger partial charge on any atom is -0.480 e. The maximum absolute atomic E-state index is 12.4. The fourth-order valence-corrected chi connectivity index (χ4v) is 3.06. The molecule has 0 radical (unpaired) electrons. The van der Waals surface area contributed by atoms with Gasteiger partial charge in [-0.25, -0.2) is 4.79 Å². The Labute approximate surface area is 114 Å². The van der Waals surface area contributed by atoms with Gasteiger partial charge in [0.05, 0.1) is 0 Å². The Morgan fingerprint density at radius 1 is 1.26 bits per heavy atom. The van der Waals surface area contributed by atoms with E-state index in [1.54, 1.807) is 0 Å². The number of nitrogens with zero attached hydrogens (tertiary/aromatic N) is 3. The van der Waals surface area contributed by atoms with E-state index in [1.807, 2.05) is 11.8 Å². The highest BCUT2D eigenvalue weighted by Crippen LogP contribution is 2.21. The molecule has 1 N–H and O–H groups in total. The van der Waals surface area contributed by atoms with Gasteiger partial charge in [0.2, 0.25) is 0 Å². The van der Waals surface area contributed by atoms with Gasteiger partial charge in [0, 0.05) is 32.2 Å². The summed E-state index contributed by atoms with van der Waals surface area (Å²) in [6.45, 7) is 5.73. The van der Waals surface area contributed by atoms with Crippen LogP contribution in [0.25, 0.3) is 0 Å². The van der Waals surface area contributed by atoms with Crippen molar-refractivity contribution in [1.29, 1.82) is 0 Å². The molecule has 0 aromatic carbocycles. The number of likely N-dealkylation sites (N-methyl/N-ethyl adjacent to an activating group) is 1. The van der Waals surface area contributed by atoms with Gasteiger partial charge in [0.1, 0.15) is 6.54 Å². The summed E-state index contributed by atoms with van der Waals surface area (Å²) in [5.74, 6) is -0.951. The summed E-state index contributed by atoms with van der Waals surface area (Å²) in [6.07, 6.45) is 3.33. The number of carbonyl (C=O) groups is 2. The minimum atomic E-state index is -0.951. The highest BCUT2D eigenvalue weighted by molar-refractivity contribution is 5.80. The fourth-order valence-electron chi connectivity index (χ4n) is 3.06. The Bertz CT molecular complexity index is 348. The Hall–Kier alpha value is -1.30. The number of fused-ring (bicyclic) bond motifs is 1. The van der Waals surface area contributed by atoms with Crippen molar-refractivity contribution in [3.8, 4) is 0 Å². The molecule has 0 aromatic heterocycles. The van der Waals surface area contributed by atoms with E-state index in [0.29, 0.717) is 12.6 Å². The van der Waals surface area contributed by atoms with Crippen molar-refractivity contribution < 1.29 is 14.7 Å². The maximum Gasteiger partial charge on any atom is 0.323 e. The second-order valence-corrected chi connectivity index (χ2v) is 5.32. The molecule has 2 aliphatic heterocycles. The molecule has 0 aliphatic carbocycles. The summed E-state index contributed by atoms with van der Waals surface area (Å²) >= 11 is 0. The third-order valence-electron chi connectivity index (χ3n) is 4.05. The van der Waals surface area contributed by atoms with Crippen LogP contribution >= 0.6 is 0 Å². The lowest BCUT2D eigenvalue weighted by Crippen LogP contribution is -2.48. The van der Waals surface area contributed by atoms with Crippen LogP contribution in [-0.4, -0.2) is 77.1 Å². The van der Waals surface area contributed by atoms with E-state index in [9.17, 15) is 9.59 Å². The summed E-state index contributed by atoms with van der Waals surface area (Å²) in [6, 6.07) is 0.341. The standard InChI is InChI=1S/C13H23N3O3/c1-2-14(10-12(17)18)13(19)16-8-4-7-15-6-3-5-11(15)9-16/h11H,2-10H2,1H3,(H,17,18). The molecule has 2 rings (SSSR count). The van der Waals surface area contributed by atoms with E-state index in [4.69, 9.17) is 5.11 Å². The average molecular weight is 269 g/mol. The monoisotopic (exact) mass is 269 g/mol. The number of amides is 2. The van der Waals surface area contributed by atoms with Crippen molar-refractivity contribution in [2.24, 2.45) is 0 Å². The smallest absolute Gasteiger partial charge is 0.323 e. The normalized spacial score (nSPS) is 23.8. The molecule has 0 bridgehead atoms. The quantitative estimate of drug-likeness (QED) is 0.818. The maximum atomic E-state index is 12.4. The van der Waals surface area contributed by atoms with E-state index >= 15 is 0 Å². The van der Waals surface area contributed by atoms with Crippen molar-refractivity contribution in [2.45, 2.75) is 32.2 Å². The highest BCUT2D eigenvalue weighted by atomic mass is 16.4. The molecule has 0 aromatic rings. The lowest BCUT2D eigenvalue weighted by molar-refractivity contribution is -0.137. The van der Waals surface area contributed by atoms with Crippen molar-refractivity contribution in [3.05, 3.63) is 0 Å². The molecule has 0 saturated carbocycles. The summed E-state index contributed by atoms with van der Waals surface area (Å²) < 4.78 is 0. The first-order valence-electron chi connectivity index (χ1n) is 7.11. The fraction of sp³-hybridized carbons (Fsp3) is 0.846. The predicted octanol–water partition coefficient (Wildman–Crippen LogP) is 0.683. The van der Waals surface area contributed by atoms with E-state index < -0.39 is 5.97 Å². The van der Waals surface area contributed by atoms with Crippen molar-refractivity contribution >= 4 is 12.0 Å². The number of urea groups is 1. The Morgan fingerprint density at radius 2 is 2.00 bits per heavy atom. The molecule has 1 atom stereocenters. The predicted molar refractivity (Wildman–Crippen MR) is 71.1 cm³/mol. The molecule has 2 saturated heterocycles. The van der Waals surface area contributed by atoms with E-state index in [-0.39, 0.29) is 12.6 Å². The van der Waals surface area contributed by atoms with Crippen LogP contribution in [0, 0.1) is 0 Å².